The molecule has 0 radical (unpaired) electrons. The van der Waals surface area contributed by atoms with Gasteiger partial charge in [-0.25, -0.2) is 0 Å². The lowest BCUT2D eigenvalue weighted by molar-refractivity contribution is 0.892. The summed E-state index contributed by atoms with van der Waals surface area (Å²) in [6.07, 6.45) is 0. The molecule has 3 nitrogen and oxygen atoms in total. The summed E-state index contributed by atoms with van der Waals surface area (Å²) in [5, 5.41) is 2.85. The van der Waals surface area contributed by atoms with Crippen molar-refractivity contribution in [3.63, 3.8) is 0 Å². The zero-order valence-corrected chi connectivity index (χ0v) is 6.52. The number of nitrogens with one attached hydrogen (secondary N) is 1. The first-order chi connectivity index (χ1) is 4.13. The van der Waals surface area contributed by atoms with Crippen molar-refractivity contribution in [1.82, 2.24) is 5.32 Å². The van der Waals surface area contributed by atoms with Crippen LogP contribution in [-0.4, -0.2) is 23.1 Å². The molecule has 9 heavy (non-hydrogen) atoms. The highest BCUT2D eigenvalue weighted by atomic mass is 32.1. The van der Waals surface area contributed by atoms with Crippen molar-refractivity contribution in [3.8, 4) is 0 Å². The lowest BCUT2D eigenvalue weighted by atomic mass is 10.6. The Bertz CT molecular complexity index is 109. The number of hydrogen-bond acceptors (Lipinski definition) is 3. The monoisotopic (exact) mass is 163 g/mol. The maximum absolute atomic E-state index is 5.16. The van der Waals surface area contributed by atoms with Crippen molar-refractivity contribution in [2.45, 2.75) is 0 Å². The van der Waals surface area contributed by atoms with Crippen molar-refractivity contribution < 1.29 is 0 Å². The van der Waals surface area contributed by atoms with E-state index in [0.29, 0.717) is 23.1 Å². The van der Waals surface area contributed by atoms with E-state index in [-0.39, 0.29) is 0 Å². The minimum Gasteiger partial charge on any atom is -0.392 e. The van der Waals surface area contributed by atoms with Crippen LogP contribution in [0.4, 0.5) is 0 Å². The van der Waals surface area contributed by atoms with Crippen LogP contribution in [0.15, 0.2) is 0 Å². The van der Waals surface area contributed by atoms with Gasteiger partial charge in [0.25, 0.3) is 0 Å². The first-order valence-corrected chi connectivity index (χ1v) is 3.22. The lowest BCUT2D eigenvalue weighted by Gasteiger charge is -1.99. The van der Waals surface area contributed by atoms with Crippen molar-refractivity contribution in [2.24, 2.45) is 11.5 Å². The molecule has 0 aliphatic carbocycles. The van der Waals surface area contributed by atoms with Crippen LogP contribution in [-0.2, 0) is 0 Å². The molecule has 0 spiro atoms. The highest BCUT2D eigenvalue weighted by Crippen LogP contribution is 1.64. The molecule has 0 aliphatic rings. The molecule has 0 amide bonds. The molecule has 0 aliphatic heterocycles. The van der Waals surface area contributed by atoms with Gasteiger partial charge in [0.1, 0.15) is 0 Å². The average Bonchev–Trinajstić information content (AvgIpc) is 1.63. The van der Waals surface area contributed by atoms with Crippen molar-refractivity contribution >= 4 is 34.4 Å². The van der Waals surface area contributed by atoms with Gasteiger partial charge in [0.2, 0.25) is 0 Å². The van der Waals surface area contributed by atoms with Gasteiger partial charge >= 0.3 is 0 Å². The van der Waals surface area contributed by atoms with E-state index in [1.54, 1.807) is 0 Å². The molecule has 0 bridgehead atoms. The fourth-order valence-corrected chi connectivity index (χ4v) is 0.513. The molecular formula is C4H9N3S2. The third-order valence-corrected chi connectivity index (χ3v) is 0.887. The van der Waals surface area contributed by atoms with Gasteiger partial charge in [-0.15, -0.1) is 0 Å². The molecule has 0 saturated heterocycles. The number of nitrogens with two attached hydrogens (primary N) is 2. The highest BCUT2D eigenvalue weighted by molar-refractivity contribution is 7.80. The van der Waals surface area contributed by atoms with Crippen molar-refractivity contribution in [1.29, 1.82) is 0 Å². The summed E-state index contributed by atoms with van der Waals surface area (Å²) < 4.78 is 0. The van der Waals surface area contributed by atoms with E-state index < -0.39 is 0 Å². The standard InChI is InChI=1S/C4H9N3S2/c5-3(8)1-7-2-4(6)9/h7H,1-2H2,(H2,5,8)(H2,6,9). The summed E-state index contributed by atoms with van der Waals surface area (Å²) in [6, 6.07) is 0. The second kappa shape index (κ2) is 4.60. The van der Waals surface area contributed by atoms with Crippen LogP contribution < -0.4 is 16.8 Å². The molecule has 5 N–H and O–H groups in total. The minimum absolute atomic E-state index is 0.422. The molecule has 0 aromatic carbocycles. The van der Waals surface area contributed by atoms with Crippen molar-refractivity contribution in [3.05, 3.63) is 0 Å². The zero-order chi connectivity index (χ0) is 7.28. The molecule has 0 aromatic heterocycles. The molecule has 0 fully saturated rings. The van der Waals surface area contributed by atoms with E-state index >= 15 is 0 Å². The van der Waals surface area contributed by atoms with Gasteiger partial charge in [-0.05, 0) is 0 Å². The molecule has 0 heterocycles. The average molecular weight is 163 g/mol. The predicted molar refractivity (Wildman–Crippen MR) is 46.4 cm³/mol. The number of thiocarbonyl (C=S) groups is 2. The second-order valence-electron chi connectivity index (χ2n) is 1.54. The quantitative estimate of drug-likeness (QED) is 0.471. The van der Waals surface area contributed by atoms with E-state index in [1.807, 2.05) is 0 Å². The third-order valence-electron chi connectivity index (χ3n) is 0.598. The zero-order valence-electron chi connectivity index (χ0n) is 4.89. The molecule has 52 valence electrons. The normalized spacial score (nSPS) is 8.89. The Balaban J connectivity index is 3.10. The van der Waals surface area contributed by atoms with Gasteiger partial charge in [0.15, 0.2) is 0 Å². The van der Waals surface area contributed by atoms with Gasteiger partial charge in [0, 0.05) is 13.1 Å². The van der Waals surface area contributed by atoms with Gasteiger partial charge in [-0.3, -0.25) is 0 Å². The van der Waals surface area contributed by atoms with Crippen LogP contribution in [0.2, 0.25) is 0 Å². The Morgan fingerprint density at radius 1 is 1.11 bits per heavy atom. The van der Waals surface area contributed by atoms with E-state index in [1.165, 1.54) is 0 Å². The van der Waals surface area contributed by atoms with Crippen LogP contribution in [0.5, 0.6) is 0 Å². The molecule has 0 aromatic rings. The van der Waals surface area contributed by atoms with Gasteiger partial charge in [-0.1, -0.05) is 24.4 Å². The van der Waals surface area contributed by atoms with E-state index in [9.17, 15) is 0 Å². The van der Waals surface area contributed by atoms with Crippen LogP contribution in [0.1, 0.15) is 0 Å². The smallest absolute Gasteiger partial charge is 0.0867 e. The summed E-state index contributed by atoms with van der Waals surface area (Å²) >= 11 is 9.16. The topological polar surface area (TPSA) is 64.1 Å². The molecular weight excluding hydrogens is 154 g/mol. The maximum atomic E-state index is 5.16. The van der Waals surface area contributed by atoms with Crippen LogP contribution in [0.3, 0.4) is 0 Å². The highest BCUT2D eigenvalue weighted by Gasteiger charge is 1.88. The molecule has 0 unspecified atom stereocenters. The molecule has 0 atom stereocenters. The number of hydrogen-bond donors (Lipinski definition) is 3. The molecule has 5 heteroatoms. The third kappa shape index (κ3) is 7.74. The largest absolute Gasteiger partial charge is 0.392 e. The maximum Gasteiger partial charge on any atom is 0.0867 e. The Labute approximate surface area is 64.8 Å². The fraction of sp³-hybridized carbons (Fsp3) is 0.500. The van der Waals surface area contributed by atoms with Crippen molar-refractivity contribution in [2.75, 3.05) is 13.1 Å². The van der Waals surface area contributed by atoms with Gasteiger partial charge in [-0.2, -0.15) is 0 Å². The first-order valence-electron chi connectivity index (χ1n) is 2.40. The van der Waals surface area contributed by atoms with E-state index in [4.69, 9.17) is 11.5 Å². The van der Waals surface area contributed by atoms with Gasteiger partial charge in [0.05, 0.1) is 9.98 Å². The fourth-order valence-electron chi connectivity index (χ4n) is 0.309. The summed E-state index contributed by atoms with van der Waals surface area (Å²) in [6.45, 7) is 0.985. The Morgan fingerprint density at radius 2 is 1.44 bits per heavy atom. The van der Waals surface area contributed by atoms with Crippen LogP contribution in [0, 0.1) is 0 Å². The lowest BCUT2D eigenvalue weighted by Crippen LogP contribution is -2.33. The van der Waals surface area contributed by atoms with Crippen LogP contribution >= 0.6 is 24.4 Å². The minimum atomic E-state index is 0.422. The summed E-state index contributed by atoms with van der Waals surface area (Å²) in [4.78, 5) is 0.845. The molecule has 0 saturated carbocycles. The van der Waals surface area contributed by atoms with E-state index in [0.717, 1.165) is 0 Å². The molecule has 0 rings (SSSR count). The summed E-state index contributed by atoms with van der Waals surface area (Å²) in [7, 11) is 0. The number of rotatable bonds is 4. The van der Waals surface area contributed by atoms with Gasteiger partial charge < -0.3 is 16.8 Å². The Morgan fingerprint density at radius 3 is 1.67 bits per heavy atom. The second-order valence-corrected chi connectivity index (χ2v) is 2.58. The van der Waals surface area contributed by atoms with Crippen LogP contribution in [0.25, 0.3) is 0 Å². The summed E-state index contributed by atoms with van der Waals surface area (Å²) in [5.74, 6) is 0. The first kappa shape index (κ1) is 8.74. The predicted octanol–water partition coefficient (Wildman–Crippen LogP) is -0.852. The Kier molecular flexibility index (Phi) is 4.47. The summed E-state index contributed by atoms with van der Waals surface area (Å²) in [5.41, 5.74) is 10.3. The van der Waals surface area contributed by atoms with E-state index in [2.05, 4.69) is 29.8 Å². The Hall–Kier alpha value is -0.260. The SMILES string of the molecule is NC(=S)CNCC(N)=S.